The first-order valence-electron chi connectivity index (χ1n) is 6.12. The molecule has 0 unspecified atom stereocenters. The maximum atomic E-state index is 11.8. The number of benzene rings is 1. The molecule has 18 heavy (non-hydrogen) atoms. The zero-order chi connectivity index (χ0) is 12.8. The van der Waals surface area contributed by atoms with Crippen LogP contribution in [0.15, 0.2) is 30.5 Å². The number of carbonyl (C=O) groups excluding carboxylic acids is 1. The summed E-state index contributed by atoms with van der Waals surface area (Å²) in [7, 11) is 1.66. The van der Waals surface area contributed by atoms with Crippen LogP contribution in [0.25, 0.3) is 10.9 Å². The summed E-state index contributed by atoms with van der Waals surface area (Å²) in [6, 6.07) is 8.00. The van der Waals surface area contributed by atoms with Crippen molar-refractivity contribution in [3.8, 4) is 0 Å². The van der Waals surface area contributed by atoms with Crippen LogP contribution in [-0.4, -0.2) is 31.2 Å². The summed E-state index contributed by atoms with van der Waals surface area (Å²) in [5, 5.41) is 4.00. The maximum absolute atomic E-state index is 11.8. The van der Waals surface area contributed by atoms with E-state index in [9.17, 15) is 4.79 Å². The minimum absolute atomic E-state index is 0.0517. The molecule has 0 aliphatic rings. The molecule has 4 heteroatoms. The zero-order valence-electron chi connectivity index (χ0n) is 10.5. The highest BCUT2D eigenvalue weighted by Gasteiger charge is 2.07. The predicted molar refractivity (Wildman–Crippen MR) is 71.5 cm³/mol. The van der Waals surface area contributed by atoms with Crippen molar-refractivity contribution < 1.29 is 9.53 Å². The molecule has 2 rings (SSSR count). The molecular formula is C14H18N2O2. The van der Waals surface area contributed by atoms with Crippen molar-refractivity contribution in [3.05, 3.63) is 36.0 Å². The van der Waals surface area contributed by atoms with Crippen LogP contribution >= 0.6 is 0 Å². The van der Waals surface area contributed by atoms with E-state index in [0.717, 1.165) is 22.9 Å². The van der Waals surface area contributed by atoms with Crippen LogP contribution in [0, 0.1) is 0 Å². The number of nitrogens with one attached hydrogen (secondary N) is 2. The monoisotopic (exact) mass is 246 g/mol. The Hall–Kier alpha value is -1.81. The van der Waals surface area contributed by atoms with Gasteiger partial charge in [-0.25, -0.2) is 0 Å². The van der Waals surface area contributed by atoms with Gasteiger partial charge in [0.15, 0.2) is 0 Å². The van der Waals surface area contributed by atoms with E-state index >= 15 is 0 Å². The molecule has 0 saturated carbocycles. The molecule has 96 valence electrons. The van der Waals surface area contributed by atoms with Gasteiger partial charge in [-0.2, -0.15) is 0 Å². The first-order chi connectivity index (χ1) is 8.81. The Kier molecular flexibility index (Phi) is 4.36. The Bertz CT molecular complexity index is 519. The Balaban J connectivity index is 1.91. The fourth-order valence-corrected chi connectivity index (χ4v) is 1.96. The predicted octanol–water partition coefficient (Wildman–Crippen LogP) is 1.86. The second-order valence-corrected chi connectivity index (χ2v) is 4.23. The lowest BCUT2D eigenvalue weighted by Crippen LogP contribution is -2.26. The number of hydrogen-bond donors (Lipinski definition) is 2. The molecule has 0 radical (unpaired) electrons. The second-order valence-electron chi connectivity index (χ2n) is 4.23. The number of para-hydroxylation sites is 1. The molecule has 0 atom stereocenters. The van der Waals surface area contributed by atoms with Crippen molar-refractivity contribution in [2.24, 2.45) is 0 Å². The highest BCUT2D eigenvalue weighted by atomic mass is 16.5. The van der Waals surface area contributed by atoms with Gasteiger partial charge in [-0.15, -0.1) is 0 Å². The number of H-pyrrole nitrogens is 1. The number of ether oxygens (including phenoxy) is 1. The third-order valence-electron chi connectivity index (χ3n) is 2.87. The second kappa shape index (κ2) is 6.21. The summed E-state index contributed by atoms with van der Waals surface area (Å²) in [4.78, 5) is 14.9. The summed E-state index contributed by atoms with van der Waals surface area (Å²) in [5.74, 6) is 0.0517. The summed E-state index contributed by atoms with van der Waals surface area (Å²) in [6.07, 6.45) is 3.16. The van der Waals surface area contributed by atoms with Crippen LogP contribution in [-0.2, 0) is 16.0 Å². The highest BCUT2D eigenvalue weighted by molar-refractivity contribution is 5.88. The molecule has 0 aliphatic heterocycles. The smallest absolute Gasteiger partial charge is 0.224 e. The van der Waals surface area contributed by atoms with Crippen LogP contribution < -0.4 is 5.32 Å². The quantitative estimate of drug-likeness (QED) is 0.764. The van der Waals surface area contributed by atoms with Crippen molar-refractivity contribution in [2.75, 3.05) is 20.3 Å². The molecule has 1 heterocycles. The lowest BCUT2D eigenvalue weighted by atomic mass is 10.1. The third-order valence-corrected chi connectivity index (χ3v) is 2.87. The molecule has 0 fully saturated rings. The van der Waals surface area contributed by atoms with Crippen LogP contribution in [0.5, 0.6) is 0 Å². The molecule has 1 amide bonds. The van der Waals surface area contributed by atoms with Gasteiger partial charge in [0.1, 0.15) is 0 Å². The average Bonchev–Trinajstić information content (AvgIpc) is 2.78. The number of aromatic nitrogens is 1. The third kappa shape index (κ3) is 3.11. The van der Waals surface area contributed by atoms with E-state index in [1.165, 1.54) is 0 Å². The van der Waals surface area contributed by atoms with Gasteiger partial charge < -0.3 is 15.0 Å². The van der Waals surface area contributed by atoms with Crippen LogP contribution in [0.3, 0.4) is 0 Å². The molecule has 4 nitrogen and oxygen atoms in total. The van der Waals surface area contributed by atoms with Gasteiger partial charge in [-0.3, -0.25) is 4.79 Å². The van der Waals surface area contributed by atoms with Crippen LogP contribution in [0.4, 0.5) is 0 Å². The van der Waals surface area contributed by atoms with Gasteiger partial charge in [0.2, 0.25) is 5.91 Å². The van der Waals surface area contributed by atoms with E-state index < -0.39 is 0 Å². The number of methoxy groups -OCH3 is 1. The number of fused-ring (bicyclic) bond motifs is 1. The standard InChI is InChI=1S/C14H18N2O2/c1-18-8-4-7-15-14(17)9-11-10-16-13-6-3-2-5-12(11)13/h2-3,5-6,10,16H,4,7-9H2,1H3,(H,15,17). The number of amides is 1. The van der Waals surface area contributed by atoms with E-state index in [1.807, 2.05) is 30.5 Å². The van der Waals surface area contributed by atoms with Gasteiger partial charge in [0.25, 0.3) is 0 Å². The number of aromatic amines is 1. The summed E-state index contributed by atoms with van der Waals surface area (Å²) in [5.41, 5.74) is 2.11. The number of rotatable bonds is 6. The van der Waals surface area contributed by atoms with Crippen LogP contribution in [0.1, 0.15) is 12.0 Å². The van der Waals surface area contributed by atoms with Gasteiger partial charge >= 0.3 is 0 Å². The van der Waals surface area contributed by atoms with E-state index in [-0.39, 0.29) is 5.91 Å². The number of carbonyl (C=O) groups is 1. The first kappa shape index (κ1) is 12.6. The van der Waals surface area contributed by atoms with Gasteiger partial charge in [0.05, 0.1) is 6.42 Å². The molecule has 0 bridgehead atoms. The van der Waals surface area contributed by atoms with E-state index in [4.69, 9.17) is 4.74 Å². The molecule has 1 aromatic heterocycles. The SMILES string of the molecule is COCCCNC(=O)Cc1c[nH]c2ccccc12. The summed E-state index contributed by atoms with van der Waals surface area (Å²) < 4.78 is 4.93. The molecule has 1 aromatic carbocycles. The molecule has 2 aromatic rings. The summed E-state index contributed by atoms with van der Waals surface area (Å²) in [6.45, 7) is 1.34. The lowest BCUT2D eigenvalue weighted by molar-refractivity contribution is -0.120. The number of hydrogen-bond acceptors (Lipinski definition) is 2. The molecule has 0 aliphatic carbocycles. The van der Waals surface area contributed by atoms with Crippen molar-refractivity contribution >= 4 is 16.8 Å². The fraction of sp³-hybridized carbons (Fsp3) is 0.357. The van der Waals surface area contributed by atoms with Gasteiger partial charge in [-0.1, -0.05) is 18.2 Å². The molecular weight excluding hydrogens is 228 g/mol. The normalized spacial score (nSPS) is 10.7. The Morgan fingerprint density at radius 3 is 3.06 bits per heavy atom. The Labute approximate surface area is 106 Å². The fourth-order valence-electron chi connectivity index (χ4n) is 1.96. The largest absolute Gasteiger partial charge is 0.385 e. The van der Waals surface area contributed by atoms with Gasteiger partial charge in [0, 0.05) is 37.4 Å². The maximum Gasteiger partial charge on any atom is 0.224 e. The van der Waals surface area contributed by atoms with Crippen molar-refractivity contribution in [3.63, 3.8) is 0 Å². The zero-order valence-corrected chi connectivity index (χ0v) is 10.5. The summed E-state index contributed by atoms with van der Waals surface area (Å²) >= 11 is 0. The lowest BCUT2D eigenvalue weighted by Gasteiger charge is -2.04. The van der Waals surface area contributed by atoms with E-state index in [2.05, 4.69) is 10.3 Å². The molecule has 0 spiro atoms. The minimum Gasteiger partial charge on any atom is -0.385 e. The Morgan fingerprint density at radius 1 is 1.39 bits per heavy atom. The molecule has 2 N–H and O–H groups in total. The van der Waals surface area contributed by atoms with Crippen LogP contribution in [0.2, 0.25) is 0 Å². The molecule has 0 saturated heterocycles. The first-order valence-corrected chi connectivity index (χ1v) is 6.12. The highest BCUT2D eigenvalue weighted by Crippen LogP contribution is 2.17. The van der Waals surface area contributed by atoms with E-state index in [0.29, 0.717) is 19.6 Å². The van der Waals surface area contributed by atoms with Crippen molar-refractivity contribution in [1.82, 2.24) is 10.3 Å². The van der Waals surface area contributed by atoms with Crippen molar-refractivity contribution in [2.45, 2.75) is 12.8 Å². The Morgan fingerprint density at radius 2 is 2.22 bits per heavy atom. The average molecular weight is 246 g/mol. The van der Waals surface area contributed by atoms with Crippen molar-refractivity contribution in [1.29, 1.82) is 0 Å². The van der Waals surface area contributed by atoms with E-state index in [1.54, 1.807) is 7.11 Å². The minimum atomic E-state index is 0.0517. The topological polar surface area (TPSA) is 54.1 Å². The van der Waals surface area contributed by atoms with Gasteiger partial charge in [-0.05, 0) is 18.1 Å².